The van der Waals surface area contributed by atoms with Crippen LogP contribution in [0.1, 0.15) is 38.4 Å². The van der Waals surface area contributed by atoms with E-state index in [0.29, 0.717) is 5.56 Å². The number of benzene rings is 1. The molecule has 1 fully saturated rings. The van der Waals surface area contributed by atoms with Gasteiger partial charge in [0.15, 0.2) is 0 Å². The van der Waals surface area contributed by atoms with E-state index in [1.807, 2.05) is 6.07 Å². The van der Waals surface area contributed by atoms with Crippen LogP contribution in [0.3, 0.4) is 0 Å². The summed E-state index contributed by atoms with van der Waals surface area (Å²) in [7, 11) is 0. The van der Waals surface area contributed by atoms with Gasteiger partial charge in [-0.2, -0.15) is 0 Å². The highest BCUT2D eigenvalue weighted by Gasteiger charge is 2.21. The van der Waals surface area contributed by atoms with Crippen LogP contribution in [-0.4, -0.2) is 18.2 Å². The molecule has 0 bridgehead atoms. The Kier molecular flexibility index (Phi) is 3.67. The maximum Gasteiger partial charge on any atom is 0.131 e. The number of piperidine rings is 1. The van der Waals surface area contributed by atoms with Crippen molar-refractivity contribution in [2.24, 2.45) is 5.92 Å². The van der Waals surface area contributed by atoms with Crippen molar-refractivity contribution in [2.45, 2.75) is 32.8 Å². The summed E-state index contributed by atoms with van der Waals surface area (Å²) in [4.78, 5) is 2.19. The number of aliphatic hydroxyl groups is 1. The second-order valence-electron chi connectivity index (χ2n) is 5.02. The van der Waals surface area contributed by atoms with Crippen LogP contribution >= 0.6 is 0 Å². The lowest BCUT2D eigenvalue weighted by Gasteiger charge is -2.34. The minimum Gasteiger partial charge on any atom is -0.389 e. The summed E-state index contributed by atoms with van der Waals surface area (Å²) in [6.07, 6.45) is 1.51. The molecule has 1 aliphatic heterocycles. The van der Waals surface area contributed by atoms with Gasteiger partial charge in [-0.25, -0.2) is 4.39 Å². The van der Waals surface area contributed by atoms with Gasteiger partial charge in [-0.15, -0.1) is 0 Å². The number of halogens is 1. The van der Waals surface area contributed by atoms with Crippen molar-refractivity contribution in [1.29, 1.82) is 0 Å². The lowest BCUT2D eigenvalue weighted by atomic mass is 9.97. The van der Waals surface area contributed by atoms with Crippen molar-refractivity contribution >= 4 is 5.69 Å². The van der Waals surface area contributed by atoms with Crippen molar-refractivity contribution in [3.63, 3.8) is 0 Å². The molecule has 2 rings (SSSR count). The molecule has 1 aromatic carbocycles. The van der Waals surface area contributed by atoms with E-state index < -0.39 is 6.10 Å². The normalized spacial score (nSPS) is 19.4. The van der Waals surface area contributed by atoms with Gasteiger partial charge < -0.3 is 10.0 Å². The third-order valence-corrected chi connectivity index (χ3v) is 3.57. The van der Waals surface area contributed by atoms with Crippen LogP contribution in [0.15, 0.2) is 18.2 Å². The van der Waals surface area contributed by atoms with Gasteiger partial charge in [-0.1, -0.05) is 13.0 Å². The van der Waals surface area contributed by atoms with Crippen LogP contribution < -0.4 is 4.90 Å². The largest absolute Gasteiger partial charge is 0.389 e. The molecule has 1 aliphatic rings. The molecule has 1 aromatic rings. The molecular weight excluding hydrogens is 217 g/mol. The maximum atomic E-state index is 13.7. The van der Waals surface area contributed by atoms with E-state index in [1.165, 1.54) is 6.07 Å². The lowest BCUT2D eigenvalue weighted by molar-refractivity contribution is 0.194. The highest BCUT2D eigenvalue weighted by atomic mass is 19.1. The van der Waals surface area contributed by atoms with E-state index in [9.17, 15) is 9.50 Å². The third kappa shape index (κ3) is 2.60. The molecule has 0 aliphatic carbocycles. The first-order valence-electron chi connectivity index (χ1n) is 6.31. The summed E-state index contributed by atoms with van der Waals surface area (Å²) < 4.78 is 13.7. The zero-order valence-electron chi connectivity index (χ0n) is 10.5. The van der Waals surface area contributed by atoms with Gasteiger partial charge in [0.1, 0.15) is 5.82 Å². The zero-order valence-corrected chi connectivity index (χ0v) is 10.5. The SMILES string of the molecule is CC1CCN(c2cccc(F)c2[C@H](C)O)CC1. The number of nitrogens with zero attached hydrogens (tertiary/aromatic N) is 1. The average Bonchev–Trinajstić information content (AvgIpc) is 2.29. The van der Waals surface area contributed by atoms with Gasteiger partial charge >= 0.3 is 0 Å². The van der Waals surface area contributed by atoms with Crippen molar-refractivity contribution in [1.82, 2.24) is 0 Å². The van der Waals surface area contributed by atoms with Crippen LogP contribution in [-0.2, 0) is 0 Å². The van der Waals surface area contributed by atoms with Gasteiger partial charge in [0.05, 0.1) is 6.10 Å². The maximum absolute atomic E-state index is 13.7. The van der Waals surface area contributed by atoms with Gasteiger partial charge in [0.25, 0.3) is 0 Å². The second kappa shape index (κ2) is 5.05. The molecule has 1 heterocycles. The summed E-state index contributed by atoms with van der Waals surface area (Å²) in [6.45, 7) is 5.77. The Morgan fingerprint density at radius 2 is 2.00 bits per heavy atom. The predicted octanol–water partition coefficient (Wildman–Crippen LogP) is 3.12. The van der Waals surface area contributed by atoms with Gasteiger partial charge in [0.2, 0.25) is 0 Å². The van der Waals surface area contributed by atoms with E-state index >= 15 is 0 Å². The Bertz CT molecular complexity index is 384. The van der Waals surface area contributed by atoms with E-state index in [-0.39, 0.29) is 5.82 Å². The fourth-order valence-electron chi connectivity index (χ4n) is 2.46. The number of hydrogen-bond acceptors (Lipinski definition) is 2. The molecule has 1 N–H and O–H groups in total. The summed E-state index contributed by atoms with van der Waals surface area (Å²) >= 11 is 0. The van der Waals surface area contributed by atoms with Crippen LogP contribution in [0.2, 0.25) is 0 Å². The first-order valence-corrected chi connectivity index (χ1v) is 6.31. The molecule has 1 saturated heterocycles. The Balaban J connectivity index is 2.28. The fourth-order valence-corrected chi connectivity index (χ4v) is 2.46. The van der Waals surface area contributed by atoms with Crippen molar-refractivity contribution in [3.05, 3.63) is 29.6 Å². The quantitative estimate of drug-likeness (QED) is 0.854. The summed E-state index contributed by atoms with van der Waals surface area (Å²) in [6, 6.07) is 5.04. The van der Waals surface area contributed by atoms with Gasteiger partial charge in [0, 0.05) is 24.3 Å². The van der Waals surface area contributed by atoms with E-state index in [1.54, 1.807) is 13.0 Å². The number of hydrogen-bond donors (Lipinski definition) is 1. The molecule has 3 heteroatoms. The third-order valence-electron chi connectivity index (χ3n) is 3.57. The smallest absolute Gasteiger partial charge is 0.131 e. The van der Waals surface area contributed by atoms with Crippen LogP contribution in [0, 0.1) is 11.7 Å². The fraction of sp³-hybridized carbons (Fsp3) is 0.571. The number of aliphatic hydroxyl groups excluding tert-OH is 1. The summed E-state index contributed by atoms with van der Waals surface area (Å²) in [5.74, 6) is 0.436. The molecule has 1 atom stereocenters. The van der Waals surface area contributed by atoms with Crippen LogP contribution in [0.25, 0.3) is 0 Å². The number of rotatable bonds is 2. The number of anilines is 1. The Morgan fingerprint density at radius 1 is 1.35 bits per heavy atom. The lowest BCUT2D eigenvalue weighted by Crippen LogP contribution is -2.33. The molecule has 0 amide bonds. The standard InChI is InChI=1S/C14H20FNO/c1-10-6-8-16(9-7-10)13-5-3-4-12(15)14(13)11(2)17/h3-5,10-11,17H,6-9H2,1-2H3/t11-/m0/s1. The van der Waals surface area contributed by atoms with Crippen molar-refractivity contribution in [2.75, 3.05) is 18.0 Å². The molecule has 2 nitrogen and oxygen atoms in total. The minimum atomic E-state index is -0.759. The van der Waals surface area contributed by atoms with Crippen molar-refractivity contribution in [3.8, 4) is 0 Å². The van der Waals surface area contributed by atoms with Crippen LogP contribution in [0.5, 0.6) is 0 Å². The topological polar surface area (TPSA) is 23.5 Å². The predicted molar refractivity (Wildman–Crippen MR) is 67.6 cm³/mol. The highest BCUT2D eigenvalue weighted by Crippen LogP contribution is 2.31. The summed E-state index contributed by atoms with van der Waals surface area (Å²) in [5, 5.41) is 9.70. The average molecular weight is 237 g/mol. The van der Waals surface area contributed by atoms with Crippen molar-refractivity contribution < 1.29 is 9.50 Å². The molecule has 0 radical (unpaired) electrons. The second-order valence-corrected chi connectivity index (χ2v) is 5.02. The molecular formula is C14H20FNO. The Morgan fingerprint density at radius 3 is 2.59 bits per heavy atom. The van der Waals surface area contributed by atoms with Crippen LogP contribution in [0.4, 0.5) is 10.1 Å². The van der Waals surface area contributed by atoms with E-state index in [0.717, 1.165) is 37.5 Å². The molecule has 17 heavy (non-hydrogen) atoms. The highest BCUT2D eigenvalue weighted by molar-refractivity contribution is 5.55. The minimum absolute atomic E-state index is 0.309. The van der Waals surface area contributed by atoms with E-state index in [4.69, 9.17) is 0 Å². The van der Waals surface area contributed by atoms with E-state index in [2.05, 4.69) is 11.8 Å². The van der Waals surface area contributed by atoms with Gasteiger partial charge in [-0.3, -0.25) is 0 Å². The summed E-state index contributed by atoms with van der Waals surface area (Å²) in [5.41, 5.74) is 1.29. The molecule has 94 valence electrons. The molecule has 0 unspecified atom stereocenters. The molecule has 0 saturated carbocycles. The first kappa shape index (κ1) is 12.4. The monoisotopic (exact) mass is 237 g/mol. The molecule has 0 spiro atoms. The Labute approximate surface area is 102 Å². The molecule has 0 aromatic heterocycles. The van der Waals surface area contributed by atoms with Gasteiger partial charge in [-0.05, 0) is 37.8 Å². The Hall–Kier alpha value is -1.09. The first-order chi connectivity index (χ1) is 8.09. The zero-order chi connectivity index (χ0) is 12.4.